The van der Waals surface area contributed by atoms with Crippen LogP contribution in [-0.4, -0.2) is 36.1 Å². The molecule has 1 aliphatic rings. The number of rotatable bonds is 3. The summed E-state index contributed by atoms with van der Waals surface area (Å²) in [6.45, 7) is 0.808. The van der Waals surface area contributed by atoms with Crippen LogP contribution in [0.5, 0.6) is 0 Å². The molecule has 1 saturated heterocycles. The SMILES string of the molecule is O=C(O)CC1CN(c2ccccc2)CC(=O)N1. The highest BCUT2D eigenvalue weighted by Gasteiger charge is 2.26. The smallest absolute Gasteiger partial charge is 0.305 e. The summed E-state index contributed by atoms with van der Waals surface area (Å²) in [7, 11) is 0. The predicted molar refractivity (Wildman–Crippen MR) is 62.8 cm³/mol. The summed E-state index contributed by atoms with van der Waals surface area (Å²) in [5, 5.41) is 11.4. The Morgan fingerprint density at radius 3 is 2.76 bits per heavy atom. The first-order valence-corrected chi connectivity index (χ1v) is 5.46. The van der Waals surface area contributed by atoms with Crippen molar-refractivity contribution in [2.24, 2.45) is 0 Å². The summed E-state index contributed by atoms with van der Waals surface area (Å²) < 4.78 is 0. The van der Waals surface area contributed by atoms with Gasteiger partial charge in [-0.15, -0.1) is 0 Å². The Morgan fingerprint density at radius 1 is 1.41 bits per heavy atom. The Bertz CT molecular complexity index is 417. The van der Waals surface area contributed by atoms with E-state index in [1.165, 1.54) is 0 Å². The lowest BCUT2D eigenvalue weighted by Gasteiger charge is -2.33. The summed E-state index contributed by atoms with van der Waals surface area (Å²) in [4.78, 5) is 24.0. The lowest BCUT2D eigenvalue weighted by molar-refractivity contribution is -0.137. The van der Waals surface area contributed by atoms with Gasteiger partial charge in [0.15, 0.2) is 0 Å². The van der Waals surface area contributed by atoms with Gasteiger partial charge in [-0.1, -0.05) is 18.2 Å². The third-order valence-electron chi connectivity index (χ3n) is 2.68. The fourth-order valence-corrected chi connectivity index (χ4v) is 1.98. The molecule has 1 unspecified atom stereocenters. The van der Waals surface area contributed by atoms with Gasteiger partial charge < -0.3 is 15.3 Å². The van der Waals surface area contributed by atoms with E-state index in [1.807, 2.05) is 35.2 Å². The second-order valence-electron chi connectivity index (χ2n) is 4.08. The van der Waals surface area contributed by atoms with Crippen LogP contribution in [-0.2, 0) is 9.59 Å². The van der Waals surface area contributed by atoms with Crippen LogP contribution in [0.3, 0.4) is 0 Å². The second-order valence-corrected chi connectivity index (χ2v) is 4.08. The number of hydrogen-bond donors (Lipinski definition) is 2. The lowest BCUT2D eigenvalue weighted by Crippen LogP contribution is -2.54. The van der Waals surface area contributed by atoms with Crippen molar-refractivity contribution in [2.45, 2.75) is 12.5 Å². The van der Waals surface area contributed by atoms with Crippen LogP contribution >= 0.6 is 0 Å². The molecule has 17 heavy (non-hydrogen) atoms. The van der Waals surface area contributed by atoms with E-state index in [0.717, 1.165) is 5.69 Å². The minimum absolute atomic E-state index is 0.0466. The molecule has 0 spiro atoms. The highest BCUT2D eigenvalue weighted by atomic mass is 16.4. The summed E-state index contributed by atoms with van der Waals surface area (Å²) in [5.41, 5.74) is 0.942. The number of amides is 1. The minimum atomic E-state index is -0.898. The molecule has 0 aliphatic carbocycles. The number of carboxylic acids is 1. The fraction of sp³-hybridized carbons (Fsp3) is 0.333. The minimum Gasteiger partial charge on any atom is -0.481 e. The van der Waals surface area contributed by atoms with Gasteiger partial charge in [0.1, 0.15) is 0 Å². The van der Waals surface area contributed by atoms with Crippen LogP contribution in [0.2, 0.25) is 0 Å². The van der Waals surface area contributed by atoms with E-state index in [-0.39, 0.29) is 24.9 Å². The summed E-state index contributed by atoms with van der Waals surface area (Å²) in [6.07, 6.45) is -0.0466. The number of carbonyl (C=O) groups excluding carboxylic acids is 1. The van der Waals surface area contributed by atoms with Crippen LogP contribution < -0.4 is 10.2 Å². The molecule has 5 heteroatoms. The molecule has 1 aliphatic heterocycles. The fourth-order valence-electron chi connectivity index (χ4n) is 1.98. The highest BCUT2D eigenvalue weighted by molar-refractivity contribution is 5.84. The van der Waals surface area contributed by atoms with Crippen molar-refractivity contribution in [1.29, 1.82) is 0 Å². The van der Waals surface area contributed by atoms with Crippen LogP contribution in [0.1, 0.15) is 6.42 Å². The molecule has 1 fully saturated rings. The third kappa shape index (κ3) is 2.96. The maximum atomic E-state index is 11.5. The van der Waals surface area contributed by atoms with Gasteiger partial charge in [-0.2, -0.15) is 0 Å². The Morgan fingerprint density at radius 2 is 2.12 bits per heavy atom. The number of aliphatic carboxylic acids is 1. The third-order valence-corrected chi connectivity index (χ3v) is 2.68. The van der Waals surface area contributed by atoms with E-state index >= 15 is 0 Å². The maximum Gasteiger partial charge on any atom is 0.305 e. The van der Waals surface area contributed by atoms with Gasteiger partial charge in [0.05, 0.1) is 19.0 Å². The predicted octanol–water partition coefficient (Wildman–Crippen LogP) is 0.466. The summed E-state index contributed by atoms with van der Waals surface area (Å²) in [5.74, 6) is -1.03. The van der Waals surface area contributed by atoms with Gasteiger partial charge in [0.25, 0.3) is 0 Å². The molecule has 90 valence electrons. The second kappa shape index (κ2) is 4.86. The lowest BCUT2D eigenvalue weighted by atomic mass is 10.1. The number of benzene rings is 1. The van der Waals surface area contributed by atoms with E-state index < -0.39 is 5.97 Å². The Hall–Kier alpha value is -2.04. The quantitative estimate of drug-likeness (QED) is 0.797. The molecule has 1 aromatic carbocycles. The Kier molecular flexibility index (Phi) is 3.27. The van der Waals surface area contributed by atoms with Gasteiger partial charge in [-0.3, -0.25) is 9.59 Å². The monoisotopic (exact) mass is 234 g/mol. The van der Waals surface area contributed by atoms with Crippen molar-refractivity contribution in [1.82, 2.24) is 5.32 Å². The number of carbonyl (C=O) groups is 2. The number of anilines is 1. The standard InChI is InChI=1S/C12H14N2O3/c15-11-8-14(10-4-2-1-3-5-10)7-9(13-11)6-12(16)17/h1-5,9H,6-8H2,(H,13,15)(H,16,17). The van der Waals surface area contributed by atoms with E-state index in [9.17, 15) is 9.59 Å². The van der Waals surface area contributed by atoms with Gasteiger partial charge >= 0.3 is 5.97 Å². The van der Waals surface area contributed by atoms with Crippen molar-refractivity contribution in [3.8, 4) is 0 Å². The Balaban J connectivity index is 2.09. The molecule has 0 radical (unpaired) electrons. The molecule has 5 nitrogen and oxygen atoms in total. The average Bonchev–Trinajstić information content (AvgIpc) is 2.28. The molecule has 1 amide bonds. The van der Waals surface area contributed by atoms with Crippen molar-refractivity contribution in [2.75, 3.05) is 18.0 Å². The first-order valence-electron chi connectivity index (χ1n) is 5.46. The molecule has 2 N–H and O–H groups in total. The zero-order valence-electron chi connectivity index (χ0n) is 9.30. The van der Waals surface area contributed by atoms with Crippen molar-refractivity contribution < 1.29 is 14.7 Å². The maximum absolute atomic E-state index is 11.5. The molecule has 1 aromatic rings. The highest BCUT2D eigenvalue weighted by Crippen LogP contribution is 2.16. The molecule has 0 bridgehead atoms. The summed E-state index contributed by atoms with van der Waals surface area (Å²) in [6, 6.07) is 9.20. The zero-order chi connectivity index (χ0) is 12.3. The number of piperazine rings is 1. The van der Waals surface area contributed by atoms with Gasteiger partial charge in [-0.25, -0.2) is 0 Å². The van der Waals surface area contributed by atoms with Crippen LogP contribution in [0, 0.1) is 0 Å². The molecule has 0 saturated carbocycles. The van der Waals surface area contributed by atoms with Crippen molar-refractivity contribution in [3.05, 3.63) is 30.3 Å². The number of para-hydroxylation sites is 1. The number of nitrogens with one attached hydrogen (secondary N) is 1. The van der Waals surface area contributed by atoms with Crippen LogP contribution in [0.15, 0.2) is 30.3 Å². The van der Waals surface area contributed by atoms with E-state index in [0.29, 0.717) is 6.54 Å². The molecule has 0 aromatic heterocycles. The topological polar surface area (TPSA) is 69.6 Å². The average molecular weight is 234 g/mol. The van der Waals surface area contributed by atoms with Crippen LogP contribution in [0.25, 0.3) is 0 Å². The normalized spacial score (nSPS) is 19.9. The summed E-state index contributed by atoms with van der Waals surface area (Å²) >= 11 is 0. The van der Waals surface area contributed by atoms with Crippen molar-refractivity contribution >= 4 is 17.6 Å². The van der Waals surface area contributed by atoms with E-state index in [2.05, 4.69) is 5.32 Å². The van der Waals surface area contributed by atoms with E-state index in [1.54, 1.807) is 0 Å². The molecule has 1 atom stereocenters. The number of hydrogen-bond acceptors (Lipinski definition) is 3. The first kappa shape index (κ1) is 11.4. The molecule has 1 heterocycles. The largest absolute Gasteiger partial charge is 0.481 e. The number of nitrogens with zero attached hydrogens (tertiary/aromatic N) is 1. The molecule has 2 rings (SSSR count). The van der Waals surface area contributed by atoms with Crippen molar-refractivity contribution in [3.63, 3.8) is 0 Å². The van der Waals surface area contributed by atoms with Gasteiger partial charge in [0, 0.05) is 12.2 Å². The molecular formula is C12H14N2O3. The van der Waals surface area contributed by atoms with E-state index in [4.69, 9.17) is 5.11 Å². The van der Waals surface area contributed by atoms with Crippen LogP contribution in [0.4, 0.5) is 5.69 Å². The number of carboxylic acid groups (broad SMARTS) is 1. The first-order chi connectivity index (χ1) is 8.15. The Labute approximate surface area is 99.0 Å². The van der Waals surface area contributed by atoms with Gasteiger partial charge in [0.2, 0.25) is 5.91 Å². The van der Waals surface area contributed by atoms with Gasteiger partial charge in [-0.05, 0) is 12.1 Å². The zero-order valence-corrected chi connectivity index (χ0v) is 9.30. The molecular weight excluding hydrogens is 220 g/mol.